The highest BCUT2D eigenvalue weighted by molar-refractivity contribution is 5.61. The van der Waals surface area contributed by atoms with Crippen LogP contribution in [0.3, 0.4) is 0 Å². The van der Waals surface area contributed by atoms with E-state index in [1.807, 2.05) is 0 Å². The molecule has 7 heteroatoms. The molecule has 1 atom stereocenters. The van der Waals surface area contributed by atoms with E-state index >= 15 is 0 Å². The van der Waals surface area contributed by atoms with Gasteiger partial charge < -0.3 is 20.5 Å². The Bertz CT molecular complexity index is 436. The van der Waals surface area contributed by atoms with Crippen LogP contribution < -0.4 is 15.4 Å². The molecule has 1 rings (SSSR count). The normalized spacial score (nSPS) is 13.2. The van der Waals surface area contributed by atoms with Gasteiger partial charge in [-0.1, -0.05) is 6.07 Å². The molecule has 0 spiro atoms. The second-order valence-corrected chi connectivity index (χ2v) is 4.44. The second kappa shape index (κ2) is 6.81. The van der Waals surface area contributed by atoms with E-state index in [1.54, 1.807) is 25.1 Å². The first kappa shape index (κ1) is 16.6. The van der Waals surface area contributed by atoms with Gasteiger partial charge in [0.05, 0.1) is 13.7 Å². The summed E-state index contributed by atoms with van der Waals surface area (Å²) in [6.45, 7) is 0.00456. The molecule has 0 heterocycles. The van der Waals surface area contributed by atoms with Gasteiger partial charge in [-0.25, -0.2) is 0 Å². The maximum absolute atomic E-state index is 12.6. The highest BCUT2D eigenvalue weighted by Gasteiger charge is 2.32. The summed E-state index contributed by atoms with van der Waals surface area (Å²) in [5.41, 5.74) is 6.66. The van der Waals surface area contributed by atoms with E-state index in [-0.39, 0.29) is 13.2 Å². The summed E-state index contributed by atoms with van der Waals surface area (Å²) >= 11 is 0. The Labute approximate surface area is 115 Å². The third kappa shape index (κ3) is 4.28. The summed E-state index contributed by atoms with van der Waals surface area (Å²) in [5.74, 6) is 0.433. The lowest BCUT2D eigenvalue weighted by molar-refractivity contribution is -0.119. The number of alkyl halides is 3. The van der Waals surface area contributed by atoms with Gasteiger partial charge in [0.1, 0.15) is 12.3 Å². The van der Waals surface area contributed by atoms with Crippen molar-refractivity contribution in [1.82, 2.24) is 0 Å². The maximum atomic E-state index is 12.6. The van der Waals surface area contributed by atoms with Crippen molar-refractivity contribution < 1.29 is 23.0 Å². The van der Waals surface area contributed by atoms with E-state index in [1.165, 1.54) is 7.11 Å². The minimum Gasteiger partial charge on any atom is -0.496 e. The standard InChI is InChI=1S/C13H19F3N2O2/c1-9(17)12-10(4-3-5-11(12)20-2)18(6-7-19)8-13(14,15)16/h3-5,9,19H,6-8,17H2,1-2H3. The highest BCUT2D eigenvalue weighted by atomic mass is 19.4. The lowest BCUT2D eigenvalue weighted by atomic mass is 10.0. The van der Waals surface area contributed by atoms with Crippen molar-refractivity contribution in [2.24, 2.45) is 5.73 Å². The van der Waals surface area contributed by atoms with Gasteiger partial charge in [0.15, 0.2) is 0 Å². The molecule has 0 saturated heterocycles. The van der Waals surface area contributed by atoms with E-state index in [0.717, 1.165) is 4.90 Å². The summed E-state index contributed by atoms with van der Waals surface area (Å²) in [6.07, 6.45) is -4.37. The van der Waals surface area contributed by atoms with Gasteiger partial charge >= 0.3 is 6.18 Å². The molecule has 0 aliphatic heterocycles. The fourth-order valence-corrected chi connectivity index (χ4v) is 2.07. The van der Waals surface area contributed by atoms with Crippen LogP contribution in [-0.2, 0) is 0 Å². The lowest BCUT2D eigenvalue weighted by Gasteiger charge is -2.29. The molecule has 0 aliphatic carbocycles. The summed E-state index contributed by atoms with van der Waals surface area (Å²) in [6, 6.07) is 4.30. The molecule has 0 radical (unpaired) electrons. The van der Waals surface area contributed by atoms with Crippen molar-refractivity contribution in [3.05, 3.63) is 23.8 Å². The number of benzene rings is 1. The van der Waals surface area contributed by atoms with Crippen LogP contribution >= 0.6 is 0 Å². The number of methoxy groups -OCH3 is 1. The highest BCUT2D eigenvalue weighted by Crippen LogP contribution is 2.34. The number of aliphatic hydroxyl groups excluding tert-OH is 1. The van der Waals surface area contributed by atoms with Crippen LogP contribution in [0.4, 0.5) is 18.9 Å². The fourth-order valence-electron chi connectivity index (χ4n) is 2.07. The van der Waals surface area contributed by atoms with Crippen LogP contribution in [0.25, 0.3) is 0 Å². The first-order valence-corrected chi connectivity index (χ1v) is 6.15. The SMILES string of the molecule is COc1cccc(N(CCO)CC(F)(F)F)c1C(C)N. The van der Waals surface area contributed by atoms with Gasteiger partial charge in [0.2, 0.25) is 0 Å². The number of hydrogen-bond donors (Lipinski definition) is 2. The van der Waals surface area contributed by atoms with Crippen LogP contribution in [0.1, 0.15) is 18.5 Å². The van der Waals surface area contributed by atoms with Gasteiger partial charge in [-0.05, 0) is 19.1 Å². The van der Waals surface area contributed by atoms with Crippen molar-refractivity contribution in [3.8, 4) is 5.75 Å². The minimum atomic E-state index is -4.37. The monoisotopic (exact) mass is 292 g/mol. The Morgan fingerprint density at radius 1 is 1.40 bits per heavy atom. The zero-order chi connectivity index (χ0) is 15.3. The van der Waals surface area contributed by atoms with Gasteiger partial charge in [-0.2, -0.15) is 13.2 Å². The summed E-state index contributed by atoms with van der Waals surface area (Å²) in [7, 11) is 1.44. The van der Waals surface area contributed by atoms with Crippen LogP contribution in [0.5, 0.6) is 5.75 Å². The Morgan fingerprint density at radius 3 is 2.50 bits per heavy atom. The number of nitrogens with zero attached hydrogens (tertiary/aromatic N) is 1. The van der Waals surface area contributed by atoms with Gasteiger partial charge in [0.25, 0.3) is 0 Å². The van der Waals surface area contributed by atoms with Crippen LogP contribution in [-0.4, -0.2) is 38.1 Å². The summed E-state index contributed by atoms with van der Waals surface area (Å²) in [5, 5.41) is 8.98. The van der Waals surface area contributed by atoms with Crippen LogP contribution in [0.15, 0.2) is 18.2 Å². The van der Waals surface area contributed by atoms with Gasteiger partial charge in [0, 0.05) is 23.8 Å². The van der Waals surface area contributed by atoms with Crippen molar-refractivity contribution >= 4 is 5.69 Å². The van der Waals surface area contributed by atoms with Crippen molar-refractivity contribution in [2.45, 2.75) is 19.1 Å². The molecule has 114 valence electrons. The molecule has 1 unspecified atom stereocenters. The van der Waals surface area contributed by atoms with E-state index in [4.69, 9.17) is 15.6 Å². The first-order chi connectivity index (χ1) is 9.30. The van der Waals surface area contributed by atoms with Crippen molar-refractivity contribution in [3.63, 3.8) is 0 Å². The number of rotatable bonds is 6. The average molecular weight is 292 g/mol. The number of aliphatic hydroxyl groups is 1. The number of nitrogens with two attached hydrogens (primary N) is 1. The molecular formula is C13H19F3N2O2. The molecule has 0 aliphatic rings. The van der Waals surface area contributed by atoms with Gasteiger partial charge in [-0.3, -0.25) is 0 Å². The average Bonchev–Trinajstić information content (AvgIpc) is 2.35. The molecule has 0 fully saturated rings. The second-order valence-electron chi connectivity index (χ2n) is 4.44. The summed E-state index contributed by atoms with van der Waals surface area (Å²) < 4.78 is 43.1. The Balaban J connectivity index is 3.25. The Morgan fingerprint density at radius 2 is 2.05 bits per heavy atom. The molecule has 1 aromatic carbocycles. The van der Waals surface area contributed by atoms with E-state index in [0.29, 0.717) is 17.0 Å². The van der Waals surface area contributed by atoms with Gasteiger partial charge in [-0.15, -0.1) is 0 Å². The number of ether oxygens (including phenoxy) is 1. The summed E-state index contributed by atoms with van der Waals surface area (Å²) in [4.78, 5) is 1.06. The van der Waals surface area contributed by atoms with E-state index in [9.17, 15) is 13.2 Å². The molecule has 0 aromatic heterocycles. The predicted molar refractivity (Wildman–Crippen MR) is 71.0 cm³/mol. The fraction of sp³-hybridized carbons (Fsp3) is 0.538. The first-order valence-electron chi connectivity index (χ1n) is 6.15. The smallest absolute Gasteiger partial charge is 0.405 e. The van der Waals surface area contributed by atoms with E-state index < -0.39 is 18.8 Å². The molecule has 1 aromatic rings. The Hall–Kier alpha value is -1.47. The predicted octanol–water partition coefficient (Wildman–Crippen LogP) is 2.08. The number of halogens is 3. The van der Waals surface area contributed by atoms with Crippen molar-refractivity contribution in [1.29, 1.82) is 0 Å². The zero-order valence-corrected chi connectivity index (χ0v) is 11.4. The zero-order valence-electron chi connectivity index (χ0n) is 11.4. The molecule has 0 amide bonds. The van der Waals surface area contributed by atoms with Crippen LogP contribution in [0.2, 0.25) is 0 Å². The minimum absolute atomic E-state index is 0.133. The third-order valence-corrected chi connectivity index (χ3v) is 2.80. The molecule has 0 bridgehead atoms. The lowest BCUT2D eigenvalue weighted by Crippen LogP contribution is -2.37. The topological polar surface area (TPSA) is 58.7 Å². The van der Waals surface area contributed by atoms with E-state index in [2.05, 4.69) is 0 Å². The van der Waals surface area contributed by atoms with Crippen LogP contribution in [0, 0.1) is 0 Å². The molecule has 4 nitrogen and oxygen atoms in total. The number of anilines is 1. The maximum Gasteiger partial charge on any atom is 0.405 e. The Kier molecular flexibility index (Phi) is 5.64. The quantitative estimate of drug-likeness (QED) is 0.843. The number of hydrogen-bond acceptors (Lipinski definition) is 4. The molecule has 3 N–H and O–H groups in total. The molecule has 0 saturated carbocycles. The largest absolute Gasteiger partial charge is 0.496 e. The molecule has 20 heavy (non-hydrogen) atoms. The molecular weight excluding hydrogens is 273 g/mol. The third-order valence-electron chi connectivity index (χ3n) is 2.80. The van der Waals surface area contributed by atoms with Crippen molar-refractivity contribution in [2.75, 3.05) is 31.7 Å².